The summed E-state index contributed by atoms with van der Waals surface area (Å²) in [5, 5.41) is 6.15. The summed E-state index contributed by atoms with van der Waals surface area (Å²) in [5.41, 5.74) is 1.91. The van der Waals surface area contributed by atoms with Gasteiger partial charge in [-0.3, -0.25) is 9.59 Å². The average Bonchev–Trinajstić information content (AvgIpc) is 3.18. The second-order valence-corrected chi connectivity index (χ2v) is 7.66. The first-order valence-corrected chi connectivity index (χ1v) is 10.8. The van der Waals surface area contributed by atoms with Gasteiger partial charge >= 0.3 is 0 Å². The molecule has 2 aromatic carbocycles. The van der Waals surface area contributed by atoms with Gasteiger partial charge in [-0.25, -0.2) is 0 Å². The van der Waals surface area contributed by atoms with E-state index in [1.54, 1.807) is 49.6 Å². The Balaban J connectivity index is 1.42. The van der Waals surface area contributed by atoms with Crippen molar-refractivity contribution in [2.75, 3.05) is 45.7 Å². The smallest absolute Gasteiger partial charge is 0.289 e. The van der Waals surface area contributed by atoms with Crippen molar-refractivity contribution in [1.29, 1.82) is 0 Å². The van der Waals surface area contributed by atoms with Crippen molar-refractivity contribution in [3.05, 3.63) is 65.9 Å². The standard InChI is InChI=1S/C25H27N3O5/c1-31-21-9-6-18(16-23(21)32-2)24(29)27-19-7-4-17(5-8-19)20-10-11-22(33-20)25(30)28-14-3-12-26-13-15-28/h4-11,16,26H,3,12-15H2,1-2H3,(H,27,29). The van der Waals surface area contributed by atoms with Crippen LogP contribution in [0.3, 0.4) is 0 Å². The molecule has 0 saturated carbocycles. The predicted molar refractivity (Wildman–Crippen MR) is 125 cm³/mol. The minimum Gasteiger partial charge on any atom is -0.493 e. The lowest BCUT2D eigenvalue weighted by Gasteiger charge is -2.18. The van der Waals surface area contributed by atoms with Crippen LogP contribution < -0.4 is 20.1 Å². The number of carbonyl (C=O) groups is 2. The van der Waals surface area contributed by atoms with Crippen molar-refractivity contribution < 1.29 is 23.5 Å². The summed E-state index contributed by atoms with van der Waals surface area (Å²) < 4.78 is 16.3. The normalized spacial score (nSPS) is 13.8. The first-order chi connectivity index (χ1) is 16.1. The van der Waals surface area contributed by atoms with Gasteiger partial charge < -0.3 is 29.4 Å². The SMILES string of the molecule is COc1ccc(C(=O)Nc2ccc(-c3ccc(C(=O)N4CCCNCC4)o3)cc2)cc1OC. The van der Waals surface area contributed by atoms with E-state index < -0.39 is 0 Å². The highest BCUT2D eigenvalue weighted by Crippen LogP contribution is 2.28. The summed E-state index contributed by atoms with van der Waals surface area (Å²) in [7, 11) is 3.07. The average molecular weight is 450 g/mol. The number of rotatable bonds is 6. The highest BCUT2D eigenvalue weighted by Gasteiger charge is 2.20. The zero-order valence-electron chi connectivity index (χ0n) is 18.7. The van der Waals surface area contributed by atoms with Crippen LogP contribution in [0.1, 0.15) is 27.3 Å². The van der Waals surface area contributed by atoms with Crippen molar-refractivity contribution in [2.24, 2.45) is 0 Å². The molecule has 0 bridgehead atoms. The zero-order chi connectivity index (χ0) is 23.2. The summed E-state index contributed by atoms with van der Waals surface area (Å²) in [5.74, 6) is 1.62. The third-order valence-corrected chi connectivity index (χ3v) is 5.52. The van der Waals surface area contributed by atoms with E-state index in [-0.39, 0.29) is 11.8 Å². The summed E-state index contributed by atoms with van der Waals surface area (Å²) >= 11 is 0. The Morgan fingerprint density at radius 3 is 2.48 bits per heavy atom. The van der Waals surface area contributed by atoms with E-state index in [9.17, 15) is 9.59 Å². The molecule has 4 rings (SSSR count). The highest BCUT2D eigenvalue weighted by molar-refractivity contribution is 6.04. The molecule has 3 aromatic rings. The van der Waals surface area contributed by atoms with Crippen molar-refractivity contribution >= 4 is 17.5 Å². The maximum absolute atomic E-state index is 12.7. The van der Waals surface area contributed by atoms with Gasteiger partial charge in [0.2, 0.25) is 0 Å². The van der Waals surface area contributed by atoms with Gasteiger partial charge in [0.05, 0.1) is 14.2 Å². The number of anilines is 1. The van der Waals surface area contributed by atoms with E-state index in [0.717, 1.165) is 31.6 Å². The number of amides is 2. The molecule has 0 radical (unpaired) electrons. The zero-order valence-corrected chi connectivity index (χ0v) is 18.7. The molecular formula is C25H27N3O5. The molecule has 8 heteroatoms. The van der Waals surface area contributed by atoms with E-state index in [1.165, 1.54) is 7.11 Å². The monoisotopic (exact) mass is 449 g/mol. The van der Waals surface area contributed by atoms with Gasteiger partial charge in [-0.1, -0.05) is 0 Å². The van der Waals surface area contributed by atoms with Crippen molar-refractivity contribution in [3.8, 4) is 22.8 Å². The fraction of sp³-hybridized carbons (Fsp3) is 0.280. The molecule has 0 unspecified atom stereocenters. The number of ether oxygens (including phenoxy) is 2. The summed E-state index contributed by atoms with van der Waals surface area (Å²) in [6.45, 7) is 3.09. The molecule has 1 aliphatic heterocycles. The van der Waals surface area contributed by atoms with Crippen molar-refractivity contribution in [3.63, 3.8) is 0 Å². The van der Waals surface area contributed by atoms with Gasteiger partial charge in [0.25, 0.3) is 11.8 Å². The van der Waals surface area contributed by atoms with Gasteiger partial charge in [-0.2, -0.15) is 0 Å². The molecule has 172 valence electrons. The molecule has 1 fully saturated rings. The van der Waals surface area contributed by atoms with Crippen LogP contribution in [0.5, 0.6) is 11.5 Å². The molecule has 1 aromatic heterocycles. The number of nitrogens with zero attached hydrogens (tertiary/aromatic N) is 1. The lowest BCUT2D eigenvalue weighted by atomic mass is 10.1. The predicted octanol–water partition coefficient (Wildman–Crippen LogP) is 3.65. The van der Waals surface area contributed by atoms with E-state index in [2.05, 4.69) is 10.6 Å². The van der Waals surface area contributed by atoms with Gasteiger partial charge in [0, 0.05) is 36.4 Å². The number of benzene rings is 2. The second-order valence-electron chi connectivity index (χ2n) is 7.66. The largest absolute Gasteiger partial charge is 0.493 e. The van der Waals surface area contributed by atoms with Crippen LogP contribution in [-0.4, -0.2) is 57.1 Å². The molecule has 2 heterocycles. The molecule has 1 aliphatic rings. The Morgan fingerprint density at radius 1 is 0.939 bits per heavy atom. The van der Waals surface area contributed by atoms with Gasteiger partial charge in [0.1, 0.15) is 5.76 Å². The second kappa shape index (κ2) is 10.2. The van der Waals surface area contributed by atoms with Crippen LogP contribution >= 0.6 is 0 Å². The maximum Gasteiger partial charge on any atom is 0.289 e. The topological polar surface area (TPSA) is 93.0 Å². The highest BCUT2D eigenvalue weighted by atomic mass is 16.5. The summed E-state index contributed by atoms with van der Waals surface area (Å²) in [6, 6.07) is 15.8. The fourth-order valence-electron chi connectivity index (χ4n) is 3.71. The Morgan fingerprint density at radius 2 is 1.73 bits per heavy atom. The Labute approximate surface area is 192 Å². The third kappa shape index (κ3) is 5.18. The third-order valence-electron chi connectivity index (χ3n) is 5.52. The molecule has 2 amide bonds. The van der Waals surface area contributed by atoms with Crippen LogP contribution in [0.2, 0.25) is 0 Å². The molecule has 8 nitrogen and oxygen atoms in total. The fourth-order valence-corrected chi connectivity index (χ4v) is 3.71. The van der Waals surface area contributed by atoms with Crippen LogP contribution in [0.25, 0.3) is 11.3 Å². The van der Waals surface area contributed by atoms with Gasteiger partial charge in [-0.05, 0) is 67.6 Å². The Bertz CT molecular complexity index is 1120. The van der Waals surface area contributed by atoms with Crippen LogP contribution in [0.15, 0.2) is 59.0 Å². The van der Waals surface area contributed by atoms with Gasteiger partial charge in [-0.15, -0.1) is 0 Å². The molecule has 33 heavy (non-hydrogen) atoms. The van der Waals surface area contributed by atoms with E-state index >= 15 is 0 Å². The molecule has 0 aliphatic carbocycles. The number of nitrogens with one attached hydrogen (secondary N) is 2. The minimum absolute atomic E-state index is 0.0937. The number of carbonyl (C=O) groups excluding carboxylic acids is 2. The van der Waals surface area contributed by atoms with Crippen LogP contribution in [-0.2, 0) is 0 Å². The summed E-state index contributed by atoms with van der Waals surface area (Å²) in [4.78, 5) is 27.2. The first kappa shape index (κ1) is 22.4. The molecule has 0 spiro atoms. The van der Waals surface area contributed by atoms with E-state index in [1.807, 2.05) is 17.0 Å². The number of furan rings is 1. The van der Waals surface area contributed by atoms with Crippen LogP contribution in [0.4, 0.5) is 5.69 Å². The number of hydrogen-bond donors (Lipinski definition) is 2. The molecule has 0 atom stereocenters. The quantitative estimate of drug-likeness (QED) is 0.597. The van der Waals surface area contributed by atoms with Crippen molar-refractivity contribution in [1.82, 2.24) is 10.2 Å². The molecular weight excluding hydrogens is 422 g/mol. The van der Waals surface area contributed by atoms with Crippen LogP contribution in [0, 0.1) is 0 Å². The maximum atomic E-state index is 12.7. The first-order valence-electron chi connectivity index (χ1n) is 10.8. The summed E-state index contributed by atoms with van der Waals surface area (Å²) in [6.07, 6.45) is 0.926. The molecule has 2 N–H and O–H groups in total. The lowest BCUT2D eigenvalue weighted by Crippen LogP contribution is -2.33. The van der Waals surface area contributed by atoms with E-state index in [0.29, 0.717) is 40.8 Å². The number of methoxy groups -OCH3 is 2. The Hall–Kier alpha value is -3.78. The van der Waals surface area contributed by atoms with E-state index in [4.69, 9.17) is 13.9 Å². The number of hydrogen-bond acceptors (Lipinski definition) is 6. The molecule has 1 saturated heterocycles. The van der Waals surface area contributed by atoms with Crippen molar-refractivity contribution in [2.45, 2.75) is 6.42 Å². The Kier molecular flexibility index (Phi) is 6.95. The minimum atomic E-state index is -0.262. The lowest BCUT2D eigenvalue weighted by molar-refractivity contribution is 0.0735. The van der Waals surface area contributed by atoms with Gasteiger partial charge in [0.15, 0.2) is 17.3 Å².